The molecular weight excluding hydrogens is 298 g/mol. The first-order valence-corrected chi connectivity index (χ1v) is 7.75. The van der Waals surface area contributed by atoms with E-state index < -0.39 is 0 Å². The van der Waals surface area contributed by atoms with E-state index in [1.165, 1.54) is 0 Å². The van der Waals surface area contributed by atoms with Gasteiger partial charge in [-0.3, -0.25) is 9.55 Å². The number of nitrogens with zero attached hydrogens (tertiary/aromatic N) is 4. The van der Waals surface area contributed by atoms with Crippen LogP contribution in [-0.4, -0.2) is 19.5 Å². The smallest absolute Gasteiger partial charge is 0.137 e. The lowest BCUT2D eigenvalue weighted by molar-refractivity contribution is 1.01. The van der Waals surface area contributed by atoms with Crippen molar-refractivity contribution in [2.75, 3.05) is 5.73 Å². The summed E-state index contributed by atoms with van der Waals surface area (Å²) in [6.45, 7) is 4.11. The molecule has 5 nitrogen and oxygen atoms in total. The van der Waals surface area contributed by atoms with Gasteiger partial charge in [-0.15, -0.1) is 0 Å². The number of hydrogen-bond donors (Lipinski definition) is 1. The molecule has 5 heteroatoms. The predicted molar refractivity (Wildman–Crippen MR) is 96.0 cm³/mol. The molecule has 0 spiro atoms. The molecule has 0 amide bonds. The van der Waals surface area contributed by atoms with Crippen LogP contribution in [0.4, 0.5) is 5.82 Å². The zero-order chi connectivity index (χ0) is 16.7. The molecule has 0 atom stereocenters. The van der Waals surface area contributed by atoms with E-state index in [0.717, 1.165) is 39.1 Å². The topological polar surface area (TPSA) is 69.6 Å². The van der Waals surface area contributed by atoms with Crippen LogP contribution >= 0.6 is 0 Å². The molecule has 0 aromatic carbocycles. The lowest BCUT2D eigenvalue weighted by Crippen LogP contribution is -2.01. The van der Waals surface area contributed by atoms with E-state index in [4.69, 9.17) is 10.7 Å². The van der Waals surface area contributed by atoms with Crippen LogP contribution in [0.5, 0.6) is 0 Å². The molecule has 0 aliphatic carbocycles. The molecule has 4 rings (SSSR count). The molecular formula is C19H17N5. The first-order chi connectivity index (χ1) is 11.6. The molecule has 0 bridgehead atoms. The summed E-state index contributed by atoms with van der Waals surface area (Å²) in [7, 11) is 0. The fourth-order valence-electron chi connectivity index (χ4n) is 3.15. The van der Waals surface area contributed by atoms with Crippen molar-refractivity contribution < 1.29 is 0 Å². The summed E-state index contributed by atoms with van der Waals surface area (Å²) in [6, 6.07) is 10.00. The molecule has 0 radical (unpaired) electrons. The van der Waals surface area contributed by atoms with Crippen LogP contribution in [0, 0.1) is 13.8 Å². The van der Waals surface area contributed by atoms with Crippen LogP contribution in [0.25, 0.3) is 27.8 Å². The Morgan fingerprint density at radius 2 is 1.92 bits per heavy atom. The highest BCUT2D eigenvalue weighted by atomic mass is 15.1. The van der Waals surface area contributed by atoms with Gasteiger partial charge in [-0.2, -0.15) is 0 Å². The number of pyridine rings is 3. The monoisotopic (exact) mass is 315 g/mol. The maximum atomic E-state index is 5.82. The first-order valence-electron chi connectivity index (χ1n) is 7.75. The fraction of sp³-hybridized carbons (Fsp3) is 0.105. The Morgan fingerprint density at radius 3 is 2.71 bits per heavy atom. The highest BCUT2D eigenvalue weighted by molar-refractivity contribution is 5.81. The molecule has 0 unspecified atom stereocenters. The van der Waals surface area contributed by atoms with Gasteiger partial charge in [0, 0.05) is 35.2 Å². The predicted octanol–water partition coefficient (Wildman–Crippen LogP) is 3.68. The van der Waals surface area contributed by atoms with Gasteiger partial charge in [-0.1, -0.05) is 0 Å². The third-order valence-electron chi connectivity index (χ3n) is 4.20. The van der Waals surface area contributed by atoms with Gasteiger partial charge in [0.2, 0.25) is 0 Å². The molecule has 0 saturated carbocycles. The van der Waals surface area contributed by atoms with Crippen LogP contribution in [0.15, 0.2) is 55.1 Å². The number of hydrogen-bond acceptors (Lipinski definition) is 4. The number of aryl methyl sites for hydroxylation is 2. The molecule has 0 aliphatic rings. The van der Waals surface area contributed by atoms with Crippen LogP contribution < -0.4 is 5.73 Å². The van der Waals surface area contributed by atoms with Crippen LogP contribution in [0.2, 0.25) is 0 Å². The normalized spacial score (nSPS) is 11.1. The standard InChI is InChI=1S/C19H17N5/c1-12-9-18(24-8-5-14-3-6-21-11-16(14)24)23-13(2)19(12)15-4-7-22-17(20)10-15/h3-11H,1-2H3,(H2,20,22). The van der Waals surface area contributed by atoms with Crippen molar-refractivity contribution in [1.82, 2.24) is 19.5 Å². The zero-order valence-electron chi connectivity index (χ0n) is 13.6. The quantitative estimate of drug-likeness (QED) is 0.612. The number of nitrogens with two attached hydrogens (primary N) is 1. The molecule has 0 aliphatic heterocycles. The Balaban J connectivity index is 1.89. The Hall–Kier alpha value is -3.21. The first kappa shape index (κ1) is 14.4. The number of rotatable bonds is 2. The van der Waals surface area contributed by atoms with Gasteiger partial charge in [0.1, 0.15) is 11.6 Å². The van der Waals surface area contributed by atoms with E-state index in [-0.39, 0.29) is 0 Å². The van der Waals surface area contributed by atoms with E-state index in [9.17, 15) is 0 Å². The van der Waals surface area contributed by atoms with Gasteiger partial charge in [0.15, 0.2) is 0 Å². The number of aromatic nitrogens is 4. The Morgan fingerprint density at radius 1 is 1.04 bits per heavy atom. The van der Waals surface area contributed by atoms with Gasteiger partial charge in [0.05, 0.1) is 11.7 Å². The number of fused-ring (bicyclic) bond motifs is 1. The fourth-order valence-corrected chi connectivity index (χ4v) is 3.15. The molecule has 4 heterocycles. The van der Waals surface area contributed by atoms with Crippen molar-refractivity contribution in [3.63, 3.8) is 0 Å². The van der Waals surface area contributed by atoms with Crippen LogP contribution in [0.1, 0.15) is 11.3 Å². The summed E-state index contributed by atoms with van der Waals surface area (Å²) in [5, 5.41) is 1.15. The van der Waals surface area contributed by atoms with E-state index in [1.807, 2.05) is 37.5 Å². The molecule has 4 aromatic heterocycles. The third-order valence-corrected chi connectivity index (χ3v) is 4.20. The summed E-state index contributed by atoms with van der Waals surface area (Å²) >= 11 is 0. The Bertz CT molecular complexity index is 1030. The van der Waals surface area contributed by atoms with Crippen LogP contribution in [0.3, 0.4) is 0 Å². The maximum Gasteiger partial charge on any atom is 0.137 e. The van der Waals surface area contributed by atoms with Gasteiger partial charge >= 0.3 is 0 Å². The molecule has 24 heavy (non-hydrogen) atoms. The molecule has 0 fully saturated rings. The average molecular weight is 315 g/mol. The van der Waals surface area contributed by atoms with Gasteiger partial charge in [0.25, 0.3) is 0 Å². The summed E-state index contributed by atoms with van der Waals surface area (Å²) in [5.41, 5.74) is 11.1. The second-order valence-corrected chi connectivity index (χ2v) is 5.85. The zero-order valence-corrected chi connectivity index (χ0v) is 13.6. The van der Waals surface area contributed by atoms with Crippen molar-refractivity contribution in [1.29, 1.82) is 0 Å². The number of nitrogen functional groups attached to an aromatic ring is 1. The second kappa shape index (κ2) is 5.45. The minimum atomic E-state index is 0.512. The van der Waals surface area contributed by atoms with E-state index in [2.05, 4.69) is 33.6 Å². The summed E-state index contributed by atoms with van der Waals surface area (Å²) < 4.78 is 2.06. The van der Waals surface area contributed by atoms with Crippen molar-refractivity contribution in [3.8, 4) is 16.9 Å². The third kappa shape index (κ3) is 2.31. The SMILES string of the molecule is Cc1cc(-n2ccc3ccncc32)nc(C)c1-c1ccnc(N)c1. The molecule has 0 saturated heterocycles. The minimum Gasteiger partial charge on any atom is -0.384 e. The molecule has 118 valence electrons. The van der Waals surface area contributed by atoms with Crippen molar-refractivity contribution in [2.45, 2.75) is 13.8 Å². The Kier molecular flexibility index (Phi) is 3.27. The summed E-state index contributed by atoms with van der Waals surface area (Å²) in [6.07, 6.45) is 7.41. The number of anilines is 1. The average Bonchev–Trinajstić information content (AvgIpc) is 2.98. The Labute approximate surface area is 139 Å². The lowest BCUT2D eigenvalue weighted by atomic mass is 10.00. The molecule has 4 aromatic rings. The van der Waals surface area contributed by atoms with E-state index in [0.29, 0.717) is 5.82 Å². The largest absolute Gasteiger partial charge is 0.384 e. The van der Waals surface area contributed by atoms with Crippen molar-refractivity contribution >= 4 is 16.7 Å². The highest BCUT2D eigenvalue weighted by Crippen LogP contribution is 2.29. The minimum absolute atomic E-state index is 0.512. The van der Waals surface area contributed by atoms with Gasteiger partial charge in [-0.25, -0.2) is 9.97 Å². The highest BCUT2D eigenvalue weighted by Gasteiger charge is 2.12. The lowest BCUT2D eigenvalue weighted by Gasteiger charge is -2.13. The van der Waals surface area contributed by atoms with Crippen LogP contribution in [-0.2, 0) is 0 Å². The maximum absolute atomic E-state index is 5.82. The van der Waals surface area contributed by atoms with Gasteiger partial charge in [-0.05, 0) is 55.3 Å². The summed E-state index contributed by atoms with van der Waals surface area (Å²) in [5.74, 6) is 1.40. The molecule has 2 N–H and O–H groups in total. The van der Waals surface area contributed by atoms with Gasteiger partial charge < -0.3 is 5.73 Å². The second-order valence-electron chi connectivity index (χ2n) is 5.85. The van der Waals surface area contributed by atoms with Crippen molar-refractivity contribution in [2.24, 2.45) is 0 Å². The van der Waals surface area contributed by atoms with E-state index in [1.54, 1.807) is 12.4 Å². The van der Waals surface area contributed by atoms with Crippen molar-refractivity contribution in [3.05, 3.63) is 66.4 Å². The van der Waals surface area contributed by atoms with E-state index >= 15 is 0 Å². The summed E-state index contributed by atoms with van der Waals surface area (Å²) in [4.78, 5) is 13.1.